The smallest absolute Gasteiger partial charge is 0.258 e. The largest absolute Gasteiger partial charge is 0.372 e. The van der Waals surface area contributed by atoms with Crippen molar-refractivity contribution in [3.8, 4) is 0 Å². The van der Waals surface area contributed by atoms with Gasteiger partial charge in [0.05, 0.1) is 30.0 Å². The molecule has 7 heteroatoms. The minimum absolute atomic E-state index is 0.00364. The number of morpholine rings is 1. The molecule has 2 aliphatic rings. The second-order valence-electron chi connectivity index (χ2n) is 6.65. The number of carbonyl (C=O) groups excluding carboxylic acids is 1. The van der Waals surface area contributed by atoms with E-state index < -0.39 is 0 Å². The minimum Gasteiger partial charge on any atom is -0.372 e. The van der Waals surface area contributed by atoms with E-state index >= 15 is 0 Å². The van der Waals surface area contributed by atoms with Crippen LogP contribution in [-0.4, -0.2) is 57.1 Å². The predicted octanol–water partition coefficient (Wildman–Crippen LogP) is 0.0401. The number of fused-ring (bicyclic) bond motifs is 1. The van der Waals surface area contributed by atoms with Crippen molar-refractivity contribution in [3.05, 3.63) is 27.4 Å². The first-order valence-corrected chi connectivity index (χ1v) is 8.06. The Labute approximate surface area is 135 Å². The fourth-order valence-corrected chi connectivity index (χ4v) is 3.38. The molecule has 7 nitrogen and oxygen atoms in total. The molecule has 23 heavy (non-hydrogen) atoms. The lowest BCUT2D eigenvalue weighted by atomic mass is 10.2. The lowest BCUT2D eigenvalue weighted by Gasteiger charge is -2.36. The van der Waals surface area contributed by atoms with E-state index in [-0.39, 0.29) is 23.7 Å². The van der Waals surface area contributed by atoms with Gasteiger partial charge in [0.25, 0.3) is 5.56 Å². The molecule has 0 spiro atoms. The number of ether oxygens (including phenoxy) is 1. The second kappa shape index (κ2) is 6.05. The normalized spacial score (nSPS) is 24.8. The molecule has 3 rings (SSSR count). The molecule has 0 N–H and O–H groups in total. The summed E-state index contributed by atoms with van der Waals surface area (Å²) in [6.45, 7) is 8.43. The Morgan fingerprint density at radius 3 is 2.57 bits per heavy atom. The van der Waals surface area contributed by atoms with Crippen molar-refractivity contribution < 1.29 is 9.53 Å². The number of nitrogens with zero attached hydrogens (tertiary/aromatic N) is 4. The molecule has 1 amide bonds. The van der Waals surface area contributed by atoms with Crippen molar-refractivity contribution >= 4 is 5.91 Å². The van der Waals surface area contributed by atoms with Crippen molar-refractivity contribution in [3.63, 3.8) is 0 Å². The van der Waals surface area contributed by atoms with E-state index in [2.05, 4.69) is 4.98 Å². The average Bonchev–Trinajstić information content (AvgIpc) is 2.86. The molecule has 0 saturated carbocycles. The van der Waals surface area contributed by atoms with E-state index in [1.54, 1.807) is 11.6 Å². The third kappa shape index (κ3) is 3.16. The number of rotatable bonds is 2. The number of carbonyl (C=O) groups is 1. The Kier molecular flexibility index (Phi) is 4.25. The Balaban J connectivity index is 1.68. The van der Waals surface area contributed by atoms with Gasteiger partial charge in [0, 0.05) is 33.2 Å². The number of amides is 1. The molecule has 0 radical (unpaired) electrons. The minimum atomic E-state index is -0.00364. The summed E-state index contributed by atoms with van der Waals surface area (Å²) in [6, 6.07) is 0. The van der Waals surface area contributed by atoms with E-state index in [0.717, 1.165) is 11.3 Å². The molecule has 1 aromatic heterocycles. The van der Waals surface area contributed by atoms with Crippen molar-refractivity contribution in [1.29, 1.82) is 0 Å². The highest BCUT2D eigenvalue weighted by Gasteiger charge is 2.30. The first-order chi connectivity index (χ1) is 10.8. The van der Waals surface area contributed by atoms with Crippen LogP contribution in [0.2, 0.25) is 0 Å². The van der Waals surface area contributed by atoms with Crippen LogP contribution in [-0.2, 0) is 29.7 Å². The lowest BCUT2D eigenvalue weighted by Crippen LogP contribution is -2.50. The summed E-state index contributed by atoms with van der Waals surface area (Å²) < 4.78 is 7.23. The molecule has 0 aliphatic carbocycles. The van der Waals surface area contributed by atoms with Crippen LogP contribution in [0.1, 0.15) is 30.9 Å². The van der Waals surface area contributed by atoms with Crippen molar-refractivity contribution in [2.24, 2.45) is 7.05 Å². The summed E-state index contributed by atoms with van der Waals surface area (Å²) >= 11 is 0. The molecule has 1 saturated heterocycles. The number of hydrogen-bond donors (Lipinski definition) is 0. The van der Waals surface area contributed by atoms with Gasteiger partial charge in [0.2, 0.25) is 5.91 Å². The lowest BCUT2D eigenvalue weighted by molar-refractivity contribution is -0.144. The molecule has 0 unspecified atom stereocenters. The monoisotopic (exact) mass is 320 g/mol. The third-order valence-electron chi connectivity index (χ3n) is 4.58. The van der Waals surface area contributed by atoms with E-state index in [1.165, 1.54) is 0 Å². The molecule has 1 fully saturated rings. The van der Waals surface area contributed by atoms with Crippen molar-refractivity contribution in [2.45, 2.75) is 46.1 Å². The summed E-state index contributed by atoms with van der Waals surface area (Å²) in [7, 11) is 1.73. The highest BCUT2D eigenvalue weighted by Crippen LogP contribution is 2.19. The number of aryl methyl sites for hydroxylation is 1. The zero-order valence-corrected chi connectivity index (χ0v) is 14.2. The molecule has 0 aromatic carbocycles. The molecule has 3 heterocycles. The summed E-state index contributed by atoms with van der Waals surface area (Å²) in [5, 5.41) is 0. The molecule has 0 bridgehead atoms. The first kappa shape index (κ1) is 16.1. The Morgan fingerprint density at radius 2 is 1.91 bits per heavy atom. The fraction of sp³-hybridized carbons (Fsp3) is 0.688. The van der Waals surface area contributed by atoms with Gasteiger partial charge in [-0.2, -0.15) is 0 Å². The van der Waals surface area contributed by atoms with Crippen molar-refractivity contribution in [1.82, 2.24) is 19.4 Å². The van der Waals surface area contributed by atoms with Gasteiger partial charge < -0.3 is 9.64 Å². The fourth-order valence-electron chi connectivity index (χ4n) is 3.38. The average molecular weight is 320 g/mol. The van der Waals surface area contributed by atoms with Crippen LogP contribution < -0.4 is 5.56 Å². The summed E-state index contributed by atoms with van der Waals surface area (Å²) in [5.41, 5.74) is 1.52. The molecule has 126 valence electrons. The van der Waals surface area contributed by atoms with Gasteiger partial charge in [-0.25, -0.2) is 4.98 Å². The quantitative estimate of drug-likeness (QED) is 0.770. The van der Waals surface area contributed by atoms with Crippen LogP contribution in [0.25, 0.3) is 0 Å². The van der Waals surface area contributed by atoms with Crippen LogP contribution in [0.4, 0.5) is 0 Å². The summed E-state index contributed by atoms with van der Waals surface area (Å²) in [6.07, 6.45) is 0.130. The van der Waals surface area contributed by atoms with Crippen LogP contribution in [0.5, 0.6) is 0 Å². The van der Waals surface area contributed by atoms with E-state index in [4.69, 9.17) is 4.74 Å². The number of aromatic nitrogens is 2. The van der Waals surface area contributed by atoms with Gasteiger partial charge >= 0.3 is 0 Å². The van der Waals surface area contributed by atoms with Gasteiger partial charge in [-0.3, -0.25) is 19.1 Å². The highest BCUT2D eigenvalue weighted by molar-refractivity contribution is 5.78. The molecule has 1 aromatic rings. The second-order valence-corrected chi connectivity index (χ2v) is 6.65. The highest BCUT2D eigenvalue weighted by atomic mass is 16.5. The van der Waals surface area contributed by atoms with Crippen LogP contribution in [0.15, 0.2) is 4.79 Å². The maximum Gasteiger partial charge on any atom is 0.258 e. The molecule has 2 atom stereocenters. The third-order valence-corrected chi connectivity index (χ3v) is 4.58. The van der Waals surface area contributed by atoms with Gasteiger partial charge in [-0.05, 0) is 20.8 Å². The topological polar surface area (TPSA) is 67.7 Å². The Bertz CT molecular complexity index is 675. The SMILES string of the molecule is Cc1nc2c(c(=O)n1C)CN(CC(=O)N1C[C@@H](C)O[C@@H](C)C1)C2. The zero-order valence-electron chi connectivity index (χ0n) is 14.2. The Hall–Kier alpha value is -1.73. The van der Waals surface area contributed by atoms with Crippen LogP contribution in [0.3, 0.4) is 0 Å². The summed E-state index contributed by atoms with van der Waals surface area (Å²) in [5.74, 6) is 0.797. The van der Waals surface area contributed by atoms with Gasteiger partial charge in [-0.15, -0.1) is 0 Å². The molecular formula is C16H24N4O3. The summed E-state index contributed by atoms with van der Waals surface area (Å²) in [4.78, 5) is 33.2. The standard InChI is InChI=1S/C16H24N4O3/c1-10-5-20(6-11(2)23-10)15(21)9-19-7-13-14(8-19)17-12(3)18(4)16(13)22/h10-11H,5-9H2,1-4H3/t10-,11+. The predicted molar refractivity (Wildman–Crippen MR) is 84.9 cm³/mol. The van der Waals surface area contributed by atoms with E-state index in [9.17, 15) is 9.59 Å². The van der Waals surface area contributed by atoms with Gasteiger partial charge in [0.15, 0.2) is 0 Å². The number of hydrogen-bond acceptors (Lipinski definition) is 5. The van der Waals surface area contributed by atoms with Gasteiger partial charge in [-0.1, -0.05) is 0 Å². The maximum atomic E-state index is 12.5. The van der Waals surface area contributed by atoms with E-state index in [0.29, 0.717) is 38.5 Å². The molecular weight excluding hydrogens is 296 g/mol. The van der Waals surface area contributed by atoms with Gasteiger partial charge in [0.1, 0.15) is 5.82 Å². The zero-order chi connectivity index (χ0) is 16.7. The van der Waals surface area contributed by atoms with E-state index in [1.807, 2.05) is 30.6 Å². The maximum absolute atomic E-state index is 12.5. The van der Waals surface area contributed by atoms with Crippen LogP contribution in [0, 0.1) is 6.92 Å². The van der Waals surface area contributed by atoms with Crippen LogP contribution >= 0.6 is 0 Å². The van der Waals surface area contributed by atoms with Crippen molar-refractivity contribution in [2.75, 3.05) is 19.6 Å². The first-order valence-electron chi connectivity index (χ1n) is 8.06. The Morgan fingerprint density at radius 1 is 1.26 bits per heavy atom. The molecule has 2 aliphatic heterocycles.